The van der Waals surface area contributed by atoms with E-state index >= 15 is 0 Å². The number of aliphatic hydroxyl groups is 1. The Hall–Kier alpha value is -3.60. The maximum Gasteiger partial charge on any atom is 0.411 e. The molecule has 0 spiro atoms. The van der Waals surface area contributed by atoms with Crippen molar-refractivity contribution in [2.45, 2.75) is 102 Å². The van der Waals surface area contributed by atoms with Crippen LogP contribution in [0.4, 0.5) is 4.79 Å². The topological polar surface area (TPSA) is 139 Å². The van der Waals surface area contributed by atoms with Gasteiger partial charge in [-0.3, -0.25) is 14.5 Å². The number of benzene rings is 1. The van der Waals surface area contributed by atoms with E-state index in [1.807, 2.05) is 31.2 Å². The van der Waals surface area contributed by atoms with Crippen LogP contribution >= 0.6 is 0 Å². The summed E-state index contributed by atoms with van der Waals surface area (Å²) in [5.74, 6) is 0.549. The molecule has 1 saturated heterocycles. The summed E-state index contributed by atoms with van der Waals surface area (Å²) in [7, 11) is 0. The fraction of sp³-hybridized carbons (Fsp3) is 0.613. The van der Waals surface area contributed by atoms with Gasteiger partial charge < -0.3 is 30.0 Å². The van der Waals surface area contributed by atoms with Gasteiger partial charge in [-0.25, -0.2) is 9.78 Å². The van der Waals surface area contributed by atoms with E-state index in [2.05, 4.69) is 15.6 Å². The molecular weight excluding hydrogens is 540 g/mol. The van der Waals surface area contributed by atoms with Crippen molar-refractivity contribution in [3.05, 3.63) is 30.5 Å². The smallest absolute Gasteiger partial charge is 0.411 e. The summed E-state index contributed by atoms with van der Waals surface area (Å²) < 4.78 is 17.5. The Morgan fingerprint density at radius 2 is 1.90 bits per heavy atom. The standard InChI is InChI=1S/C31H42N4O7/c1-5-40-21-10-11-23-19(15-21)12-13-32-29(23)41-22-16-25(35(17-22)30(39)42-31(2,3)4)27(37)34-24(14-18-6-7-18)26(36)28(38)33-20-8-9-20/h10-13,15,18,20,22,24-26,36H,5-9,14,16-17H2,1-4H3,(H,33,38)(H,34,37)/t22-,24+,25+,26?/m1/s1. The van der Waals surface area contributed by atoms with Gasteiger partial charge in [0.05, 0.1) is 19.2 Å². The Kier molecular flexibility index (Phi) is 8.77. The quantitative estimate of drug-likeness (QED) is 0.367. The third-order valence-corrected chi connectivity index (χ3v) is 7.67. The largest absolute Gasteiger partial charge is 0.494 e. The lowest BCUT2D eigenvalue weighted by Gasteiger charge is -2.30. The highest BCUT2D eigenvalue weighted by molar-refractivity contribution is 5.89. The fourth-order valence-corrected chi connectivity index (χ4v) is 5.25. The number of aliphatic hydroxyl groups excluding tert-OH is 1. The molecule has 3 aliphatic rings. The monoisotopic (exact) mass is 582 g/mol. The molecule has 2 saturated carbocycles. The summed E-state index contributed by atoms with van der Waals surface area (Å²) in [5, 5.41) is 18.3. The minimum atomic E-state index is -1.37. The van der Waals surface area contributed by atoms with Crippen molar-refractivity contribution in [2.24, 2.45) is 5.92 Å². The number of nitrogens with one attached hydrogen (secondary N) is 2. The van der Waals surface area contributed by atoms with Crippen molar-refractivity contribution in [1.29, 1.82) is 0 Å². The first-order valence-corrected chi connectivity index (χ1v) is 15.0. The molecule has 2 aliphatic carbocycles. The Labute approximate surface area is 246 Å². The molecule has 3 fully saturated rings. The molecule has 0 radical (unpaired) electrons. The van der Waals surface area contributed by atoms with Gasteiger partial charge in [0, 0.05) is 24.0 Å². The van der Waals surface area contributed by atoms with Gasteiger partial charge in [-0.1, -0.05) is 12.8 Å². The Morgan fingerprint density at radius 3 is 2.57 bits per heavy atom. The molecule has 3 N–H and O–H groups in total. The van der Waals surface area contributed by atoms with E-state index in [0.29, 0.717) is 24.8 Å². The van der Waals surface area contributed by atoms with E-state index in [1.165, 1.54) is 4.90 Å². The van der Waals surface area contributed by atoms with Crippen LogP contribution in [-0.4, -0.2) is 82.0 Å². The van der Waals surface area contributed by atoms with Crippen molar-refractivity contribution < 1.29 is 33.7 Å². The van der Waals surface area contributed by atoms with Crippen LogP contribution in [0.3, 0.4) is 0 Å². The lowest BCUT2D eigenvalue weighted by molar-refractivity contribution is -0.133. The molecule has 1 aromatic carbocycles. The number of hydrogen-bond donors (Lipinski definition) is 3. The second kappa shape index (κ2) is 12.3. The number of pyridine rings is 1. The summed E-state index contributed by atoms with van der Waals surface area (Å²) in [5.41, 5.74) is -0.766. The number of aromatic nitrogens is 1. The third-order valence-electron chi connectivity index (χ3n) is 7.67. The average molecular weight is 583 g/mol. The molecule has 5 rings (SSSR count). The molecule has 0 bridgehead atoms. The first kappa shape index (κ1) is 29.9. The molecule has 2 heterocycles. The highest BCUT2D eigenvalue weighted by Crippen LogP contribution is 2.35. The molecule has 2 aromatic rings. The van der Waals surface area contributed by atoms with Crippen LogP contribution in [0.25, 0.3) is 10.8 Å². The van der Waals surface area contributed by atoms with Gasteiger partial charge in [0.1, 0.15) is 23.5 Å². The summed E-state index contributed by atoms with van der Waals surface area (Å²) in [6.07, 6.45) is 3.57. The number of nitrogens with zero attached hydrogens (tertiary/aromatic N) is 2. The number of fused-ring (bicyclic) bond motifs is 1. The molecule has 1 aliphatic heterocycles. The average Bonchev–Trinajstić information content (AvgIpc) is 3.87. The Bertz CT molecular complexity index is 1300. The predicted octanol–water partition coefficient (Wildman–Crippen LogP) is 3.31. The summed E-state index contributed by atoms with van der Waals surface area (Å²) in [6.45, 7) is 7.88. The van der Waals surface area contributed by atoms with Gasteiger partial charge in [0.2, 0.25) is 11.8 Å². The normalized spacial score (nSPS) is 21.9. The number of ether oxygens (including phenoxy) is 3. The number of carbonyl (C=O) groups excluding carboxylic acids is 3. The van der Waals surface area contributed by atoms with Gasteiger partial charge in [-0.2, -0.15) is 0 Å². The van der Waals surface area contributed by atoms with Crippen LogP contribution < -0.4 is 20.1 Å². The van der Waals surface area contributed by atoms with Gasteiger partial charge in [-0.05, 0) is 82.5 Å². The number of amides is 3. The molecule has 1 aromatic heterocycles. The predicted molar refractivity (Wildman–Crippen MR) is 155 cm³/mol. The maximum absolute atomic E-state index is 13.7. The minimum absolute atomic E-state index is 0.0910. The van der Waals surface area contributed by atoms with Crippen LogP contribution in [0.2, 0.25) is 0 Å². The zero-order valence-electron chi connectivity index (χ0n) is 24.8. The summed E-state index contributed by atoms with van der Waals surface area (Å²) >= 11 is 0. The molecule has 1 unspecified atom stereocenters. The van der Waals surface area contributed by atoms with Crippen LogP contribution in [-0.2, 0) is 14.3 Å². The zero-order chi connectivity index (χ0) is 30.0. The third kappa shape index (κ3) is 7.61. The second-order valence-corrected chi connectivity index (χ2v) is 12.6. The van der Waals surface area contributed by atoms with E-state index in [9.17, 15) is 19.5 Å². The van der Waals surface area contributed by atoms with Crippen molar-refractivity contribution in [1.82, 2.24) is 20.5 Å². The van der Waals surface area contributed by atoms with Gasteiger partial charge in [0.15, 0.2) is 6.10 Å². The molecule has 42 heavy (non-hydrogen) atoms. The van der Waals surface area contributed by atoms with Gasteiger partial charge >= 0.3 is 6.09 Å². The Balaban J connectivity index is 1.33. The molecule has 11 nitrogen and oxygen atoms in total. The van der Waals surface area contributed by atoms with Crippen molar-refractivity contribution >= 4 is 28.7 Å². The molecule has 4 atom stereocenters. The maximum atomic E-state index is 13.7. The second-order valence-electron chi connectivity index (χ2n) is 12.6. The van der Waals surface area contributed by atoms with E-state index in [0.717, 1.165) is 42.2 Å². The lowest BCUT2D eigenvalue weighted by Crippen LogP contribution is -2.55. The first-order valence-electron chi connectivity index (χ1n) is 15.0. The van der Waals surface area contributed by atoms with Crippen LogP contribution in [0.5, 0.6) is 11.6 Å². The SMILES string of the molecule is CCOc1ccc2c(O[C@@H]3C[C@@H](C(=O)N[C@@H](CC4CC4)C(O)C(=O)NC4CC4)N(C(=O)OC(C)(C)C)C3)nccc2c1. The van der Waals surface area contributed by atoms with Gasteiger partial charge in [-0.15, -0.1) is 0 Å². The molecule has 3 amide bonds. The molecule has 228 valence electrons. The first-order chi connectivity index (χ1) is 20.0. The summed E-state index contributed by atoms with van der Waals surface area (Å²) in [6, 6.07) is 5.93. The minimum Gasteiger partial charge on any atom is -0.494 e. The van der Waals surface area contributed by atoms with Gasteiger partial charge in [0.25, 0.3) is 5.91 Å². The molecule has 11 heteroatoms. The lowest BCUT2D eigenvalue weighted by atomic mass is 10.0. The van der Waals surface area contributed by atoms with E-state index in [1.54, 1.807) is 27.0 Å². The number of rotatable bonds is 11. The number of hydrogen-bond acceptors (Lipinski definition) is 8. The summed E-state index contributed by atoms with van der Waals surface area (Å²) in [4.78, 5) is 45.4. The van der Waals surface area contributed by atoms with E-state index in [-0.39, 0.29) is 19.0 Å². The number of likely N-dealkylation sites (tertiary alicyclic amines) is 1. The highest BCUT2D eigenvalue weighted by atomic mass is 16.6. The molecular formula is C31H42N4O7. The van der Waals surface area contributed by atoms with Crippen molar-refractivity contribution in [2.75, 3.05) is 13.2 Å². The van der Waals surface area contributed by atoms with E-state index in [4.69, 9.17) is 14.2 Å². The van der Waals surface area contributed by atoms with E-state index < -0.39 is 47.8 Å². The van der Waals surface area contributed by atoms with Crippen molar-refractivity contribution in [3.63, 3.8) is 0 Å². The fourth-order valence-electron chi connectivity index (χ4n) is 5.25. The van der Waals surface area contributed by atoms with Crippen molar-refractivity contribution in [3.8, 4) is 11.6 Å². The highest BCUT2D eigenvalue weighted by Gasteiger charge is 2.45. The van der Waals surface area contributed by atoms with Crippen LogP contribution in [0.1, 0.15) is 66.2 Å². The zero-order valence-corrected chi connectivity index (χ0v) is 24.8. The Morgan fingerprint density at radius 1 is 1.14 bits per heavy atom. The number of carbonyl (C=O) groups is 3. The van der Waals surface area contributed by atoms with Crippen LogP contribution in [0, 0.1) is 5.92 Å². The van der Waals surface area contributed by atoms with Crippen LogP contribution in [0.15, 0.2) is 30.5 Å².